The smallest absolute Gasteiger partial charge is 0.231 e. The van der Waals surface area contributed by atoms with Gasteiger partial charge in [-0.15, -0.1) is 0 Å². The van der Waals surface area contributed by atoms with Crippen molar-refractivity contribution >= 4 is 17.5 Å². The Hall–Kier alpha value is -3.09. The first-order valence-electron chi connectivity index (χ1n) is 11.6. The highest BCUT2D eigenvalue weighted by Gasteiger charge is 2.28. The predicted molar refractivity (Wildman–Crippen MR) is 131 cm³/mol. The third-order valence-corrected chi connectivity index (χ3v) is 6.87. The third kappa shape index (κ3) is 5.03. The van der Waals surface area contributed by atoms with E-state index in [0.717, 1.165) is 60.8 Å². The monoisotopic (exact) mass is 477 g/mol. The number of aromatic nitrogens is 1. The molecular weight excluding hydrogens is 450 g/mol. The van der Waals surface area contributed by atoms with Gasteiger partial charge < -0.3 is 14.8 Å². The number of likely N-dealkylation sites (tertiary alicyclic amines) is 1. The molecule has 1 amide bonds. The van der Waals surface area contributed by atoms with Crippen LogP contribution >= 0.6 is 11.6 Å². The summed E-state index contributed by atoms with van der Waals surface area (Å²) in [6, 6.07) is 17.3. The molecule has 3 aromatic rings. The van der Waals surface area contributed by atoms with E-state index in [0.29, 0.717) is 5.02 Å². The maximum absolute atomic E-state index is 13.3. The minimum Gasteiger partial charge on any atom is -0.454 e. The van der Waals surface area contributed by atoms with Crippen molar-refractivity contribution in [2.24, 2.45) is 5.92 Å². The molecule has 0 aliphatic carbocycles. The molecule has 0 spiro atoms. The molecule has 1 saturated heterocycles. The van der Waals surface area contributed by atoms with Crippen LogP contribution in [0.4, 0.5) is 0 Å². The molecule has 0 saturated carbocycles. The van der Waals surface area contributed by atoms with Gasteiger partial charge in [0.25, 0.3) is 0 Å². The molecule has 1 atom stereocenters. The van der Waals surface area contributed by atoms with Crippen LogP contribution in [0.15, 0.2) is 60.8 Å². The fourth-order valence-corrected chi connectivity index (χ4v) is 4.80. The van der Waals surface area contributed by atoms with Crippen molar-refractivity contribution in [2.45, 2.75) is 32.4 Å². The van der Waals surface area contributed by atoms with Crippen molar-refractivity contribution in [3.8, 4) is 11.5 Å². The van der Waals surface area contributed by atoms with E-state index in [9.17, 15) is 4.79 Å². The van der Waals surface area contributed by atoms with E-state index in [-0.39, 0.29) is 24.7 Å². The fourth-order valence-electron chi connectivity index (χ4n) is 4.68. The van der Waals surface area contributed by atoms with Gasteiger partial charge in [-0.05, 0) is 79.9 Å². The number of carbonyl (C=O) groups is 1. The van der Waals surface area contributed by atoms with E-state index in [1.807, 2.05) is 55.5 Å². The Kier molecular flexibility index (Phi) is 6.70. The van der Waals surface area contributed by atoms with E-state index in [4.69, 9.17) is 21.1 Å². The quantitative estimate of drug-likeness (QED) is 0.547. The SMILES string of the molecule is Cc1cccnc1C(NC(=O)C1CCN(Cc2ccc3c(c2)OCO3)CC1)c1ccc(Cl)cc1. The molecule has 176 valence electrons. The lowest BCUT2D eigenvalue weighted by Crippen LogP contribution is -2.41. The average Bonchev–Trinajstić information content (AvgIpc) is 3.32. The summed E-state index contributed by atoms with van der Waals surface area (Å²) in [5, 5.41) is 3.95. The van der Waals surface area contributed by atoms with Gasteiger partial charge in [0.15, 0.2) is 11.5 Å². The number of hydrogen-bond donors (Lipinski definition) is 1. The second-order valence-corrected chi connectivity index (χ2v) is 9.37. The molecule has 2 aromatic carbocycles. The van der Waals surface area contributed by atoms with Gasteiger partial charge in [-0.1, -0.05) is 35.9 Å². The molecule has 2 aliphatic heterocycles. The van der Waals surface area contributed by atoms with Crippen LogP contribution in [0.2, 0.25) is 5.02 Å². The zero-order valence-corrected chi connectivity index (χ0v) is 19.9. The molecule has 1 N–H and O–H groups in total. The van der Waals surface area contributed by atoms with Crippen molar-refractivity contribution in [3.05, 3.63) is 88.2 Å². The number of aryl methyl sites for hydroxylation is 1. The van der Waals surface area contributed by atoms with Crippen LogP contribution < -0.4 is 14.8 Å². The number of benzene rings is 2. The highest BCUT2D eigenvalue weighted by atomic mass is 35.5. The molecule has 34 heavy (non-hydrogen) atoms. The largest absolute Gasteiger partial charge is 0.454 e. The zero-order chi connectivity index (χ0) is 23.5. The van der Waals surface area contributed by atoms with Crippen LogP contribution in [0, 0.1) is 12.8 Å². The van der Waals surface area contributed by atoms with Crippen LogP contribution in [-0.4, -0.2) is 35.7 Å². The minimum absolute atomic E-state index is 0.0215. The average molecular weight is 478 g/mol. The van der Waals surface area contributed by atoms with E-state index < -0.39 is 0 Å². The number of fused-ring (bicyclic) bond motifs is 1. The zero-order valence-electron chi connectivity index (χ0n) is 19.2. The number of ether oxygens (including phenoxy) is 2. The van der Waals surface area contributed by atoms with Crippen LogP contribution in [0.25, 0.3) is 0 Å². The number of amides is 1. The maximum atomic E-state index is 13.3. The highest BCUT2D eigenvalue weighted by Crippen LogP contribution is 2.33. The molecule has 7 heteroatoms. The summed E-state index contributed by atoms with van der Waals surface area (Å²) in [5.41, 5.74) is 4.07. The van der Waals surface area contributed by atoms with Crippen molar-refractivity contribution in [1.82, 2.24) is 15.2 Å². The standard InChI is InChI=1S/C27H28ClN3O3/c1-18-3-2-12-29-25(18)26(20-5-7-22(28)8-6-20)30-27(32)21-10-13-31(14-11-21)16-19-4-9-23-24(15-19)34-17-33-23/h2-9,12,15,21,26H,10-11,13-14,16-17H2,1H3,(H,30,32). The molecule has 6 nitrogen and oxygen atoms in total. The van der Waals surface area contributed by atoms with Crippen molar-refractivity contribution in [3.63, 3.8) is 0 Å². The Morgan fingerprint density at radius 1 is 1.12 bits per heavy atom. The maximum Gasteiger partial charge on any atom is 0.231 e. The summed E-state index contributed by atoms with van der Waals surface area (Å²) in [5.74, 6) is 1.67. The fraction of sp³-hybridized carbons (Fsp3) is 0.333. The van der Waals surface area contributed by atoms with Gasteiger partial charge in [-0.2, -0.15) is 0 Å². The minimum atomic E-state index is -0.308. The number of carbonyl (C=O) groups excluding carboxylic acids is 1. The summed E-state index contributed by atoms with van der Waals surface area (Å²) in [7, 11) is 0. The van der Waals surface area contributed by atoms with Gasteiger partial charge in [-0.3, -0.25) is 14.7 Å². The number of pyridine rings is 1. The molecule has 1 unspecified atom stereocenters. The van der Waals surface area contributed by atoms with Crippen LogP contribution in [0.1, 0.15) is 41.3 Å². The second-order valence-electron chi connectivity index (χ2n) is 8.94. The first-order valence-corrected chi connectivity index (χ1v) is 12.0. The lowest BCUT2D eigenvalue weighted by atomic mass is 9.93. The number of piperidine rings is 1. The molecule has 2 aliphatic rings. The highest BCUT2D eigenvalue weighted by molar-refractivity contribution is 6.30. The number of hydrogen-bond acceptors (Lipinski definition) is 5. The van der Waals surface area contributed by atoms with Crippen molar-refractivity contribution < 1.29 is 14.3 Å². The molecule has 0 bridgehead atoms. The Balaban J connectivity index is 1.23. The van der Waals surface area contributed by atoms with E-state index in [2.05, 4.69) is 21.3 Å². The molecule has 3 heterocycles. The van der Waals surface area contributed by atoms with E-state index in [1.165, 1.54) is 5.56 Å². The molecule has 0 radical (unpaired) electrons. The molecule has 1 aromatic heterocycles. The number of rotatable bonds is 6. The van der Waals surface area contributed by atoms with Crippen LogP contribution in [0.5, 0.6) is 11.5 Å². The van der Waals surface area contributed by atoms with Crippen molar-refractivity contribution in [2.75, 3.05) is 19.9 Å². The predicted octanol–water partition coefficient (Wildman–Crippen LogP) is 4.89. The lowest BCUT2D eigenvalue weighted by molar-refractivity contribution is -0.127. The van der Waals surface area contributed by atoms with Crippen LogP contribution in [0.3, 0.4) is 0 Å². The van der Waals surface area contributed by atoms with Gasteiger partial charge in [0, 0.05) is 23.7 Å². The Morgan fingerprint density at radius 3 is 2.65 bits per heavy atom. The van der Waals surface area contributed by atoms with Crippen LogP contribution in [-0.2, 0) is 11.3 Å². The van der Waals surface area contributed by atoms with Gasteiger partial charge in [0.2, 0.25) is 12.7 Å². The Morgan fingerprint density at radius 2 is 1.88 bits per heavy atom. The molecule has 5 rings (SSSR count). The van der Waals surface area contributed by atoms with Gasteiger partial charge in [0.05, 0.1) is 11.7 Å². The van der Waals surface area contributed by atoms with Crippen molar-refractivity contribution in [1.29, 1.82) is 0 Å². The summed E-state index contributed by atoms with van der Waals surface area (Å²) in [6.07, 6.45) is 3.42. The second kappa shape index (κ2) is 10.0. The van der Waals surface area contributed by atoms with Gasteiger partial charge >= 0.3 is 0 Å². The van der Waals surface area contributed by atoms with E-state index >= 15 is 0 Å². The lowest BCUT2D eigenvalue weighted by Gasteiger charge is -2.32. The summed E-state index contributed by atoms with van der Waals surface area (Å²) in [6.45, 7) is 4.90. The number of halogens is 1. The third-order valence-electron chi connectivity index (χ3n) is 6.61. The normalized spacial score (nSPS) is 16.9. The number of nitrogens with zero attached hydrogens (tertiary/aromatic N) is 2. The summed E-state index contributed by atoms with van der Waals surface area (Å²) < 4.78 is 10.9. The number of nitrogens with one attached hydrogen (secondary N) is 1. The van der Waals surface area contributed by atoms with Gasteiger partial charge in [-0.25, -0.2) is 0 Å². The van der Waals surface area contributed by atoms with E-state index in [1.54, 1.807) is 6.20 Å². The first kappa shape index (κ1) is 22.7. The summed E-state index contributed by atoms with van der Waals surface area (Å²) >= 11 is 6.10. The molecule has 1 fully saturated rings. The topological polar surface area (TPSA) is 63.7 Å². The Labute approximate surface area is 204 Å². The molecular formula is C27H28ClN3O3. The Bertz CT molecular complexity index is 1160. The van der Waals surface area contributed by atoms with Gasteiger partial charge in [0.1, 0.15) is 0 Å². The summed E-state index contributed by atoms with van der Waals surface area (Å²) in [4.78, 5) is 20.3. The first-order chi connectivity index (χ1) is 16.6.